The van der Waals surface area contributed by atoms with Gasteiger partial charge in [0.05, 0.1) is 5.92 Å². The van der Waals surface area contributed by atoms with Crippen LogP contribution in [0.3, 0.4) is 0 Å². The highest BCUT2D eigenvalue weighted by Gasteiger charge is 2.41. The maximum absolute atomic E-state index is 12.5. The van der Waals surface area contributed by atoms with Crippen molar-refractivity contribution in [3.05, 3.63) is 0 Å². The van der Waals surface area contributed by atoms with Crippen molar-refractivity contribution in [3.8, 4) is 0 Å². The third kappa shape index (κ3) is 5.08. The molecule has 0 spiro atoms. The van der Waals surface area contributed by atoms with E-state index < -0.39 is 12.1 Å². The molecule has 1 fully saturated rings. The highest BCUT2D eigenvalue weighted by molar-refractivity contribution is 7.80. The van der Waals surface area contributed by atoms with Gasteiger partial charge in [-0.2, -0.15) is 25.8 Å². The fourth-order valence-electron chi connectivity index (χ4n) is 2.46. The summed E-state index contributed by atoms with van der Waals surface area (Å²) in [5, 5.41) is 0. The third-order valence-electron chi connectivity index (χ3n) is 3.52. The Morgan fingerprint density at radius 2 is 1.88 bits per heavy atom. The first-order valence-corrected chi connectivity index (χ1v) is 7.00. The van der Waals surface area contributed by atoms with E-state index in [0.29, 0.717) is 19.0 Å². The molecular formula is C12H22F3NS. The predicted molar refractivity (Wildman–Crippen MR) is 67.5 cm³/mol. The standard InChI is InChI=1S/C12H22F3NS/c1-2-3-10(9-17)8-16-6-4-11(5-7-16)12(13,14)15/h10-11,17H,2-9H2,1H3. The summed E-state index contributed by atoms with van der Waals surface area (Å²) in [6, 6.07) is 0. The van der Waals surface area contributed by atoms with E-state index in [1.807, 2.05) is 0 Å². The van der Waals surface area contributed by atoms with Crippen molar-refractivity contribution in [2.75, 3.05) is 25.4 Å². The van der Waals surface area contributed by atoms with Gasteiger partial charge >= 0.3 is 6.18 Å². The molecule has 1 aliphatic heterocycles. The molecule has 0 amide bonds. The summed E-state index contributed by atoms with van der Waals surface area (Å²) >= 11 is 4.31. The number of piperidine rings is 1. The van der Waals surface area contributed by atoms with E-state index in [1.165, 1.54) is 0 Å². The molecule has 1 unspecified atom stereocenters. The highest BCUT2D eigenvalue weighted by Crippen LogP contribution is 2.34. The van der Waals surface area contributed by atoms with Crippen LogP contribution in [0.4, 0.5) is 13.2 Å². The Hall–Kier alpha value is 0.100. The summed E-state index contributed by atoms with van der Waals surface area (Å²) in [6.45, 7) is 4.20. The molecule has 0 N–H and O–H groups in total. The van der Waals surface area contributed by atoms with Crippen LogP contribution in [0.5, 0.6) is 0 Å². The Morgan fingerprint density at radius 3 is 2.29 bits per heavy atom. The Labute approximate surface area is 107 Å². The van der Waals surface area contributed by atoms with Crippen molar-refractivity contribution >= 4 is 12.6 Å². The lowest BCUT2D eigenvalue weighted by atomic mass is 9.95. The second kappa shape index (κ2) is 6.88. The Balaban J connectivity index is 2.31. The largest absolute Gasteiger partial charge is 0.391 e. The van der Waals surface area contributed by atoms with E-state index in [9.17, 15) is 13.2 Å². The normalized spacial score (nSPS) is 21.7. The van der Waals surface area contributed by atoms with Crippen LogP contribution in [0.2, 0.25) is 0 Å². The van der Waals surface area contributed by atoms with Crippen molar-refractivity contribution in [3.63, 3.8) is 0 Å². The molecule has 1 saturated heterocycles. The molecule has 1 nitrogen and oxygen atoms in total. The van der Waals surface area contributed by atoms with Gasteiger partial charge in [0.1, 0.15) is 0 Å². The zero-order chi connectivity index (χ0) is 12.9. The minimum Gasteiger partial charge on any atom is -0.303 e. The van der Waals surface area contributed by atoms with Gasteiger partial charge in [-0.1, -0.05) is 13.3 Å². The summed E-state index contributed by atoms with van der Waals surface area (Å²) in [5.74, 6) is 0.262. The molecule has 5 heteroatoms. The van der Waals surface area contributed by atoms with Crippen LogP contribution in [-0.2, 0) is 0 Å². The van der Waals surface area contributed by atoms with E-state index >= 15 is 0 Å². The fourth-order valence-corrected chi connectivity index (χ4v) is 2.75. The molecule has 0 aromatic heterocycles. The molecule has 1 heterocycles. The summed E-state index contributed by atoms with van der Waals surface area (Å²) in [4.78, 5) is 2.17. The molecule has 1 aliphatic rings. The van der Waals surface area contributed by atoms with Gasteiger partial charge in [0.25, 0.3) is 0 Å². The molecule has 0 radical (unpaired) electrons. The average molecular weight is 269 g/mol. The van der Waals surface area contributed by atoms with Crippen LogP contribution in [-0.4, -0.2) is 36.5 Å². The smallest absolute Gasteiger partial charge is 0.303 e. The van der Waals surface area contributed by atoms with Crippen LogP contribution in [0.15, 0.2) is 0 Å². The van der Waals surface area contributed by atoms with Crippen LogP contribution in [0.1, 0.15) is 32.6 Å². The lowest BCUT2D eigenvalue weighted by Crippen LogP contribution is -2.41. The maximum atomic E-state index is 12.5. The van der Waals surface area contributed by atoms with Crippen molar-refractivity contribution in [1.82, 2.24) is 4.90 Å². The number of thiol groups is 1. The molecule has 0 bridgehead atoms. The minimum atomic E-state index is -4.00. The van der Waals surface area contributed by atoms with E-state index in [2.05, 4.69) is 24.5 Å². The van der Waals surface area contributed by atoms with Gasteiger partial charge in [-0.15, -0.1) is 0 Å². The SMILES string of the molecule is CCCC(CS)CN1CCC(C(F)(F)F)CC1. The molecule has 1 atom stereocenters. The van der Waals surface area contributed by atoms with Crippen molar-refractivity contribution < 1.29 is 13.2 Å². The van der Waals surface area contributed by atoms with Crippen LogP contribution < -0.4 is 0 Å². The monoisotopic (exact) mass is 269 g/mol. The molecule has 0 saturated carbocycles. The number of likely N-dealkylation sites (tertiary alicyclic amines) is 1. The van der Waals surface area contributed by atoms with Gasteiger partial charge in [0.2, 0.25) is 0 Å². The van der Waals surface area contributed by atoms with Gasteiger partial charge in [0, 0.05) is 6.54 Å². The topological polar surface area (TPSA) is 3.24 Å². The first kappa shape index (κ1) is 15.2. The molecule has 102 valence electrons. The molecule has 17 heavy (non-hydrogen) atoms. The molecule has 0 aromatic rings. The molecular weight excluding hydrogens is 247 g/mol. The van der Waals surface area contributed by atoms with Crippen LogP contribution in [0.25, 0.3) is 0 Å². The number of alkyl halides is 3. The van der Waals surface area contributed by atoms with Gasteiger partial charge in [-0.3, -0.25) is 0 Å². The Kier molecular flexibility index (Phi) is 6.13. The summed E-state index contributed by atoms with van der Waals surface area (Å²) in [6.07, 6.45) is -1.25. The molecule has 1 rings (SSSR count). The number of halogens is 3. The Bertz CT molecular complexity index is 212. The highest BCUT2D eigenvalue weighted by atomic mass is 32.1. The quantitative estimate of drug-likeness (QED) is 0.746. The van der Waals surface area contributed by atoms with E-state index in [1.54, 1.807) is 0 Å². The first-order chi connectivity index (χ1) is 7.97. The summed E-state index contributed by atoms with van der Waals surface area (Å²) in [5.41, 5.74) is 0. The molecule has 0 aromatic carbocycles. The van der Waals surface area contributed by atoms with E-state index in [4.69, 9.17) is 0 Å². The lowest BCUT2D eigenvalue weighted by Gasteiger charge is -2.34. The second-order valence-corrected chi connectivity index (χ2v) is 5.32. The van der Waals surface area contributed by atoms with E-state index in [0.717, 1.165) is 25.1 Å². The van der Waals surface area contributed by atoms with Crippen LogP contribution in [0, 0.1) is 11.8 Å². The average Bonchev–Trinajstić information content (AvgIpc) is 2.28. The van der Waals surface area contributed by atoms with E-state index in [-0.39, 0.29) is 12.8 Å². The first-order valence-electron chi connectivity index (χ1n) is 6.37. The zero-order valence-corrected chi connectivity index (χ0v) is 11.2. The second-order valence-electron chi connectivity index (χ2n) is 4.95. The summed E-state index contributed by atoms with van der Waals surface area (Å²) in [7, 11) is 0. The van der Waals surface area contributed by atoms with Gasteiger partial charge < -0.3 is 4.90 Å². The number of hydrogen-bond acceptors (Lipinski definition) is 2. The number of rotatable bonds is 5. The maximum Gasteiger partial charge on any atom is 0.391 e. The van der Waals surface area contributed by atoms with Gasteiger partial charge in [-0.05, 0) is 44.0 Å². The Morgan fingerprint density at radius 1 is 1.29 bits per heavy atom. The molecule has 0 aliphatic carbocycles. The van der Waals surface area contributed by atoms with Crippen LogP contribution >= 0.6 is 12.6 Å². The zero-order valence-electron chi connectivity index (χ0n) is 10.3. The third-order valence-corrected chi connectivity index (χ3v) is 4.04. The van der Waals surface area contributed by atoms with Crippen molar-refractivity contribution in [2.45, 2.75) is 38.8 Å². The number of hydrogen-bond donors (Lipinski definition) is 1. The minimum absolute atomic E-state index is 0.259. The summed E-state index contributed by atoms with van der Waals surface area (Å²) < 4.78 is 37.5. The van der Waals surface area contributed by atoms with Gasteiger partial charge in [-0.25, -0.2) is 0 Å². The number of nitrogens with zero attached hydrogens (tertiary/aromatic N) is 1. The van der Waals surface area contributed by atoms with Gasteiger partial charge in [0.15, 0.2) is 0 Å². The van der Waals surface area contributed by atoms with Crippen molar-refractivity contribution in [2.24, 2.45) is 11.8 Å². The lowest BCUT2D eigenvalue weighted by molar-refractivity contribution is -0.185. The van der Waals surface area contributed by atoms with Crippen molar-refractivity contribution in [1.29, 1.82) is 0 Å². The predicted octanol–water partition coefficient (Wildman–Crippen LogP) is 3.61. The fraction of sp³-hybridized carbons (Fsp3) is 1.00.